The number of halogens is 1. The number of nitrogens with one attached hydrogen (secondary N) is 1. The summed E-state index contributed by atoms with van der Waals surface area (Å²) in [7, 11) is 0.923. The van der Waals surface area contributed by atoms with Crippen molar-refractivity contribution in [3.8, 4) is 0 Å². The molecule has 2 aliphatic rings. The van der Waals surface area contributed by atoms with Crippen molar-refractivity contribution in [2.24, 2.45) is 4.99 Å². The molecule has 0 bridgehead atoms. The van der Waals surface area contributed by atoms with Crippen molar-refractivity contribution in [2.45, 2.75) is 38.4 Å². The lowest BCUT2D eigenvalue weighted by Crippen LogP contribution is -2.54. The zero-order chi connectivity index (χ0) is 19.2. The van der Waals surface area contributed by atoms with E-state index in [4.69, 9.17) is 0 Å². The van der Waals surface area contributed by atoms with E-state index in [2.05, 4.69) is 20.1 Å². The fourth-order valence-corrected chi connectivity index (χ4v) is 4.17. The Balaban J connectivity index is 0.00000364. The normalized spacial score (nSPS) is 20.4. The van der Waals surface area contributed by atoms with Gasteiger partial charge in [-0.15, -0.1) is 24.0 Å². The first kappa shape index (κ1) is 24.6. The van der Waals surface area contributed by atoms with Crippen molar-refractivity contribution in [3.05, 3.63) is 0 Å². The van der Waals surface area contributed by atoms with Gasteiger partial charge in [0, 0.05) is 74.2 Å². The lowest BCUT2D eigenvalue weighted by atomic mass is 10.3. The molecule has 0 aliphatic carbocycles. The van der Waals surface area contributed by atoms with Crippen LogP contribution in [0.1, 0.15) is 33.6 Å². The van der Waals surface area contributed by atoms with Gasteiger partial charge >= 0.3 is 0 Å². The quantitative estimate of drug-likeness (QED) is 0.337. The number of guanidine groups is 1. The third-order valence-corrected chi connectivity index (χ3v) is 6.90. The van der Waals surface area contributed by atoms with Gasteiger partial charge in [0.1, 0.15) is 0 Å². The predicted octanol–water partition coefficient (Wildman–Crippen LogP) is 0.967. The smallest absolute Gasteiger partial charge is 0.236 e. The molecule has 2 heterocycles. The highest BCUT2D eigenvalue weighted by atomic mass is 127. The van der Waals surface area contributed by atoms with E-state index >= 15 is 0 Å². The Labute approximate surface area is 183 Å². The molecule has 27 heavy (non-hydrogen) atoms. The number of amides is 1. The number of piperazine rings is 1. The Bertz CT molecular complexity index is 524. The van der Waals surface area contributed by atoms with E-state index < -0.39 is 10.8 Å². The first-order valence-corrected chi connectivity index (χ1v) is 11.0. The Morgan fingerprint density at radius 1 is 1.04 bits per heavy atom. The summed E-state index contributed by atoms with van der Waals surface area (Å²) in [6.45, 7) is 12.5. The molecule has 1 amide bonds. The molecule has 0 radical (unpaired) electrons. The van der Waals surface area contributed by atoms with Crippen LogP contribution in [0.3, 0.4) is 0 Å². The van der Waals surface area contributed by atoms with Crippen LogP contribution < -0.4 is 5.32 Å². The molecule has 1 atom stereocenters. The standard InChI is InChI=1S/C18H35N5O2S.HI/c1-18(2,3)26(25)14-7-20-17(19-4)23-12-10-21(11-13-23)15-16(24)22-8-5-6-9-22;/h5-15H2,1-4H3,(H,19,20);1H. The average molecular weight is 513 g/mol. The van der Waals surface area contributed by atoms with Crippen molar-refractivity contribution >= 4 is 46.6 Å². The number of aliphatic imine (C=N–C) groups is 1. The minimum atomic E-state index is -0.861. The van der Waals surface area contributed by atoms with E-state index in [0.29, 0.717) is 18.8 Å². The molecule has 158 valence electrons. The number of carbonyl (C=O) groups excluding carboxylic acids is 1. The number of carbonyl (C=O) groups is 1. The minimum absolute atomic E-state index is 0. The average Bonchev–Trinajstić information content (AvgIpc) is 3.13. The van der Waals surface area contributed by atoms with Gasteiger partial charge in [-0.2, -0.15) is 0 Å². The molecule has 0 aromatic carbocycles. The molecule has 0 aromatic rings. The van der Waals surface area contributed by atoms with Gasteiger partial charge in [0.15, 0.2) is 5.96 Å². The third kappa shape index (κ3) is 7.84. The fraction of sp³-hybridized carbons (Fsp3) is 0.889. The summed E-state index contributed by atoms with van der Waals surface area (Å²) in [6.07, 6.45) is 2.28. The molecule has 0 aromatic heterocycles. The van der Waals surface area contributed by atoms with Gasteiger partial charge in [-0.25, -0.2) is 0 Å². The molecule has 0 saturated carbocycles. The minimum Gasteiger partial charge on any atom is -0.355 e. The van der Waals surface area contributed by atoms with E-state index in [1.54, 1.807) is 7.05 Å². The zero-order valence-corrected chi connectivity index (χ0v) is 20.3. The summed E-state index contributed by atoms with van der Waals surface area (Å²) >= 11 is 0. The van der Waals surface area contributed by atoms with E-state index in [9.17, 15) is 9.00 Å². The second kappa shape index (κ2) is 11.5. The van der Waals surface area contributed by atoms with Gasteiger partial charge in [-0.3, -0.25) is 18.9 Å². The Hall–Kier alpha value is -0.420. The first-order chi connectivity index (χ1) is 12.3. The Morgan fingerprint density at radius 2 is 1.63 bits per heavy atom. The molecule has 2 fully saturated rings. The highest BCUT2D eigenvalue weighted by Gasteiger charge is 2.25. The lowest BCUT2D eigenvalue weighted by molar-refractivity contribution is -0.131. The second-order valence-corrected chi connectivity index (χ2v) is 10.3. The number of hydrogen-bond donors (Lipinski definition) is 1. The van der Waals surface area contributed by atoms with Gasteiger partial charge in [-0.1, -0.05) is 0 Å². The molecular formula is C18H36IN5O2S. The Kier molecular flexibility index (Phi) is 10.5. The topological polar surface area (TPSA) is 68.2 Å². The van der Waals surface area contributed by atoms with Crippen LogP contribution >= 0.6 is 24.0 Å². The van der Waals surface area contributed by atoms with Crippen LogP contribution in [0.25, 0.3) is 0 Å². The van der Waals surface area contributed by atoms with Gasteiger partial charge < -0.3 is 15.1 Å². The monoisotopic (exact) mass is 513 g/mol. The van der Waals surface area contributed by atoms with Crippen LogP contribution in [0.4, 0.5) is 0 Å². The van der Waals surface area contributed by atoms with Crippen molar-refractivity contribution in [1.29, 1.82) is 0 Å². The predicted molar refractivity (Wildman–Crippen MR) is 123 cm³/mol. The van der Waals surface area contributed by atoms with Gasteiger partial charge in [0.25, 0.3) is 0 Å². The van der Waals surface area contributed by atoms with Crippen LogP contribution in [0.15, 0.2) is 4.99 Å². The zero-order valence-electron chi connectivity index (χ0n) is 17.2. The van der Waals surface area contributed by atoms with Crippen molar-refractivity contribution in [3.63, 3.8) is 0 Å². The summed E-state index contributed by atoms with van der Waals surface area (Å²) in [5.74, 6) is 1.75. The largest absolute Gasteiger partial charge is 0.355 e. The van der Waals surface area contributed by atoms with E-state index in [0.717, 1.165) is 58.1 Å². The maximum atomic E-state index is 12.3. The molecule has 2 saturated heterocycles. The molecule has 1 unspecified atom stereocenters. The van der Waals surface area contributed by atoms with Crippen LogP contribution in [0, 0.1) is 0 Å². The summed E-state index contributed by atoms with van der Waals surface area (Å²) in [5.41, 5.74) is 0. The molecule has 9 heteroatoms. The fourth-order valence-electron chi connectivity index (χ4n) is 3.27. The van der Waals surface area contributed by atoms with Gasteiger partial charge in [0.05, 0.1) is 6.54 Å². The lowest BCUT2D eigenvalue weighted by Gasteiger charge is -2.36. The summed E-state index contributed by atoms with van der Waals surface area (Å²) in [4.78, 5) is 23.1. The van der Waals surface area contributed by atoms with Crippen molar-refractivity contribution in [1.82, 2.24) is 20.0 Å². The first-order valence-electron chi connectivity index (χ1n) is 9.65. The summed E-state index contributed by atoms with van der Waals surface area (Å²) in [6, 6.07) is 0. The van der Waals surface area contributed by atoms with Crippen LogP contribution in [0.2, 0.25) is 0 Å². The molecule has 2 rings (SSSR count). The molecule has 0 spiro atoms. The number of rotatable bonds is 5. The summed E-state index contributed by atoms with van der Waals surface area (Å²) < 4.78 is 12.0. The summed E-state index contributed by atoms with van der Waals surface area (Å²) in [5, 5.41) is 3.33. The number of nitrogens with zero attached hydrogens (tertiary/aromatic N) is 4. The maximum Gasteiger partial charge on any atom is 0.236 e. The Morgan fingerprint density at radius 3 is 2.15 bits per heavy atom. The van der Waals surface area contributed by atoms with Crippen LogP contribution in [-0.2, 0) is 15.6 Å². The highest BCUT2D eigenvalue weighted by molar-refractivity contribution is 14.0. The molecular weight excluding hydrogens is 477 g/mol. The molecule has 7 nitrogen and oxygen atoms in total. The second-order valence-electron chi connectivity index (χ2n) is 7.99. The van der Waals surface area contributed by atoms with E-state index in [-0.39, 0.29) is 34.6 Å². The number of likely N-dealkylation sites (tertiary alicyclic amines) is 1. The van der Waals surface area contributed by atoms with Crippen molar-refractivity contribution in [2.75, 3.05) is 65.2 Å². The molecule has 2 aliphatic heterocycles. The van der Waals surface area contributed by atoms with Crippen LogP contribution in [-0.4, -0.2) is 101 Å². The molecule has 1 N–H and O–H groups in total. The third-order valence-electron chi connectivity index (χ3n) is 4.95. The SMILES string of the molecule is CN=C(NCCS(=O)C(C)(C)C)N1CCN(CC(=O)N2CCCC2)CC1.I. The van der Waals surface area contributed by atoms with Gasteiger partial charge in [0.2, 0.25) is 5.91 Å². The van der Waals surface area contributed by atoms with Gasteiger partial charge in [-0.05, 0) is 33.6 Å². The van der Waals surface area contributed by atoms with E-state index in [1.165, 1.54) is 0 Å². The van der Waals surface area contributed by atoms with Crippen LogP contribution in [0.5, 0.6) is 0 Å². The van der Waals surface area contributed by atoms with Crippen molar-refractivity contribution < 1.29 is 9.00 Å². The number of hydrogen-bond acceptors (Lipinski definition) is 4. The highest BCUT2D eigenvalue weighted by Crippen LogP contribution is 2.11. The van der Waals surface area contributed by atoms with E-state index in [1.807, 2.05) is 25.7 Å². The maximum absolute atomic E-state index is 12.3.